The first-order chi connectivity index (χ1) is 12.4. The Hall–Kier alpha value is -2.73. The Morgan fingerprint density at radius 2 is 2.23 bits per heavy atom. The van der Waals surface area contributed by atoms with Gasteiger partial charge in [0.05, 0.1) is 17.5 Å². The van der Waals surface area contributed by atoms with Gasteiger partial charge in [0.1, 0.15) is 5.69 Å². The number of nitrogens with zero attached hydrogens (tertiary/aromatic N) is 2. The van der Waals surface area contributed by atoms with Gasteiger partial charge >= 0.3 is 5.97 Å². The molecule has 6 nitrogen and oxygen atoms in total. The fourth-order valence-corrected chi connectivity index (χ4v) is 3.89. The highest BCUT2D eigenvalue weighted by molar-refractivity contribution is 6.07. The Kier molecular flexibility index (Phi) is 3.80. The van der Waals surface area contributed by atoms with Crippen molar-refractivity contribution in [2.24, 2.45) is 0 Å². The Labute approximate surface area is 150 Å². The number of carboxylic acids is 1. The fourth-order valence-electron chi connectivity index (χ4n) is 3.89. The summed E-state index contributed by atoms with van der Waals surface area (Å²) in [5.41, 5.74) is 2.02. The Bertz CT molecular complexity index is 999. The minimum atomic E-state index is -1.52. The molecule has 6 heteroatoms. The SMILES string of the molecule is CCC(O)(CC(=O)O)C1=CC(=O)c2nc3c4n(cc3cc2C1)C=CCC4. The molecule has 2 aromatic rings. The van der Waals surface area contributed by atoms with Gasteiger partial charge in [0, 0.05) is 23.5 Å². The van der Waals surface area contributed by atoms with Crippen LogP contribution in [0.25, 0.3) is 17.1 Å². The van der Waals surface area contributed by atoms with Crippen molar-refractivity contribution >= 4 is 28.9 Å². The molecule has 0 spiro atoms. The normalized spacial score (nSPS) is 18.2. The van der Waals surface area contributed by atoms with Crippen LogP contribution >= 0.6 is 0 Å². The predicted octanol–water partition coefficient (Wildman–Crippen LogP) is 2.73. The zero-order valence-corrected chi connectivity index (χ0v) is 14.5. The van der Waals surface area contributed by atoms with Gasteiger partial charge in [-0.1, -0.05) is 13.0 Å². The maximum atomic E-state index is 12.7. The standard InChI is InChI=1S/C20H20N2O4/c1-2-20(26,10-17(24)25)14-8-12-7-13-11-22-6-4-3-5-15(22)18(13)21-19(12)16(23)9-14/h4,6-7,9,11,26H,2-3,5,8,10H2,1H3,(H,24,25). The second-order valence-electron chi connectivity index (χ2n) is 7.01. The molecule has 1 atom stereocenters. The maximum Gasteiger partial charge on any atom is 0.306 e. The highest BCUT2D eigenvalue weighted by atomic mass is 16.4. The van der Waals surface area contributed by atoms with E-state index in [2.05, 4.69) is 11.1 Å². The van der Waals surface area contributed by atoms with Crippen LogP contribution in [-0.2, 0) is 17.6 Å². The van der Waals surface area contributed by atoms with Crippen molar-refractivity contribution < 1.29 is 19.8 Å². The van der Waals surface area contributed by atoms with E-state index in [1.54, 1.807) is 6.92 Å². The van der Waals surface area contributed by atoms with E-state index >= 15 is 0 Å². The summed E-state index contributed by atoms with van der Waals surface area (Å²) >= 11 is 0. The lowest BCUT2D eigenvalue weighted by molar-refractivity contribution is -0.141. The van der Waals surface area contributed by atoms with Gasteiger partial charge in [-0.05, 0) is 49.0 Å². The third-order valence-corrected chi connectivity index (χ3v) is 5.35. The number of carbonyl (C=O) groups is 2. The Morgan fingerprint density at radius 3 is 2.96 bits per heavy atom. The molecule has 0 fully saturated rings. The minimum Gasteiger partial charge on any atom is -0.481 e. The Balaban J connectivity index is 1.79. The molecule has 0 aromatic carbocycles. The molecule has 134 valence electrons. The molecular formula is C20H20N2O4. The van der Waals surface area contributed by atoms with Crippen molar-refractivity contribution in [2.75, 3.05) is 0 Å². The number of hydrogen-bond acceptors (Lipinski definition) is 4. The number of allylic oxidation sites excluding steroid dienone is 2. The number of carboxylic acid groups (broad SMARTS) is 1. The zero-order chi connectivity index (χ0) is 18.5. The third-order valence-electron chi connectivity index (χ3n) is 5.35. The average molecular weight is 352 g/mol. The number of hydrogen-bond donors (Lipinski definition) is 2. The van der Waals surface area contributed by atoms with Gasteiger partial charge in [-0.3, -0.25) is 9.59 Å². The highest BCUT2D eigenvalue weighted by Crippen LogP contribution is 2.34. The summed E-state index contributed by atoms with van der Waals surface area (Å²) in [7, 11) is 0. The molecule has 1 aliphatic carbocycles. The predicted molar refractivity (Wildman–Crippen MR) is 97.0 cm³/mol. The number of carbonyl (C=O) groups excluding carboxylic acids is 1. The number of pyridine rings is 1. The molecular weight excluding hydrogens is 332 g/mol. The van der Waals surface area contributed by atoms with Crippen LogP contribution in [0.2, 0.25) is 0 Å². The monoisotopic (exact) mass is 352 g/mol. The fraction of sp³-hybridized carbons (Fsp3) is 0.350. The molecule has 2 aliphatic rings. The molecule has 0 radical (unpaired) electrons. The molecule has 0 saturated carbocycles. The van der Waals surface area contributed by atoms with Gasteiger partial charge in [-0.25, -0.2) is 4.98 Å². The quantitative estimate of drug-likeness (QED) is 0.883. The summed E-state index contributed by atoms with van der Waals surface area (Å²) in [4.78, 5) is 28.4. The topological polar surface area (TPSA) is 92.4 Å². The number of fused-ring (bicyclic) bond motifs is 4. The van der Waals surface area contributed by atoms with Crippen molar-refractivity contribution in [1.29, 1.82) is 0 Å². The summed E-state index contributed by atoms with van der Waals surface area (Å²) in [6.45, 7) is 1.72. The molecule has 3 heterocycles. The van der Waals surface area contributed by atoms with E-state index < -0.39 is 18.0 Å². The Morgan fingerprint density at radius 1 is 1.42 bits per heavy atom. The second kappa shape index (κ2) is 5.92. The van der Waals surface area contributed by atoms with Gasteiger partial charge in [0.15, 0.2) is 0 Å². The zero-order valence-electron chi connectivity index (χ0n) is 14.5. The number of rotatable bonds is 4. The van der Waals surface area contributed by atoms with E-state index in [-0.39, 0.29) is 12.2 Å². The average Bonchev–Trinajstić information content (AvgIpc) is 2.97. The first kappa shape index (κ1) is 16.7. The number of aromatic nitrogens is 2. The maximum absolute atomic E-state index is 12.7. The minimum absolute atomic E-state index is 0.231. The molecule has 2 N–H and O–H groups in total. The van der Waals surface area contributed by atoms with Gasteiger partial charge in [0.2, 0.25) is 5.78 Å². The van der Waals surface area contributed by atoms with Crippen LogP contribution in [0.1, 0.15) is 47.9 Å². The van der Waals surface area contributed by atoms with E-state index in [0.29, 0.717) is 17.7 Å². The molecule has 1 aliphatic heterocycles. The van der Waals surface area contributed by atoms with Crippen LogP contribution in [0.4, 0.5) is 0 Å². The van der Waals surface area contributed by atoms with Crippen molar-refractivity contribution in [3.63, 3.8) is 0 Å². The lowest BCUT2D eigenvalue weighted by Gasteiger charge is -2.30. The largest absolute Gasteiger partial charge is 0.481 e. The molecule has 0 saturated heterocycles. The van der Waals surface area contributed by atoms with Crippen LogP contribution in [0, 0.1) is 0 Å². The molecule has 26 heavy (non-hydrogen) atoms. The van der Waals surface area contributed by atoms with E-state index in [1.807, 2.05) is 23.0 Å². The second-order valence-corrected chi connectivity index (χ2v) is 7.01. The summed E-state index contributed by atoms with van der Waals surface area (Å²) in [5, 5.41) is 20.8. The van der Waals surface area contributed by atoms with Crippen LogP contribution < -0.4 is 0 Å². The summed E-state index contributed by atoms with van der Waals surface area (Å²) in [6.07, 6.45) is 9.46. The molecule has 0 bridgehead atoms. The van der Waals surface area contributed by atoms with Crippen molar-refractivity contribution in [1.82, 2.24) is 9.55 Å². The van der Waals surface area contributed by atoms with Crippen LogP contribution in [-0.4, -0.2) is 37.1 Å². The van der Waals surface area contributed by atoms with Crippen LogP contribution in [0.5, 0.6) is 0 Å². The van der Waals surface area contributed by atoms with Gasteiger partial charge in [-0.2, -0.15) is 0 Å². The van der Waals surface area contributed by atoms with E-state index in [0.717, 1.165) is 35.0 Å². The van der Waals surface area contributed by atoms with Crippen molar-refractivity contribution in [3.8, 4) is 0 Å². The van der Waals surface area contributed by atoms with Crippen molar-refractivity contribution in [3.05, 3.63) is 46.9 Å². The lowest BCUT2D eigenvalue weighted by atomic mass is 9.80. The molecule has 0 amide bonds. The van der Waals surface area contributed by atoms with Gasteiger partial charge in [0.25, 0.3) is 0 Å². The first-order valence-corrected chi connectivity index (χ1v) is 8.81. The summed E-state index contributed by atoms with van der Waals surface area (Å²) < 4.78 is 2.04. The van der Waals surface area contributed by atoms with Gasteiger partial charge in [-0.15, -0.1) is 0 Å². The molecule has 2 aromatic heterocycles. The molecule has 4 rings (SSSR count). The highest BCUT2D eigenvalue weighted by Gasteiger charge is 2.36. The summed E-state index contributed by atoms with van der Waals surface area (Å²) in [5.74, 6) is -1.36. The van der Waals surface area contributed by atoms with Crippen LogP contribution in [0.15, 0.2) is 30.0 Å². The number of aliphatic carboxylic acids is 1. The summed E-state index contributed by atoms with van der Waals surface area (Å²) in [6, 6.07) is 1.94. The third kappa shape index (κ3) is 2.57. The number of aryl methyl sites for hydroxylation is 1. The number of ketones is 1. The first-order valence-electron chi connectivity index (χ1n) is 8.81. The van der Waals surface area contributed by atoms with Crippen LogP contribution in [0.3, 0.4) is 0 Å². The van der Waals surface area contributed by atoms with Crippen molar-refractivity contribution in [2.45, 2.75) is 44.6 Å². The molecule has 1 unspecified atom stereocenters. The van der Waals surface area contributed by atoms with E-state index in [9.17, 15) is 14.7 Å². The number of aliphatic hydroxyl groups is 1. The smallest absolute Gasteiger partial charge is 0.306 e. The van der Waals surface area contributed by atoms with E-state index in [4.69, 9.17) is 5.11 Å². The lowest BCUT2D eigenvalue weighted by Crippen LogP contribution is -2.36. The van der Waals surface area contributed by atoms with E-state index in [1.165, 1.54) is 6.08 Å². The van der Waals surface area contributed by atoms with Gasteiger partial charge < -0.3 is 14.8 Å².